The summed E-state index contributed by atoms with van der Waals surface area (Å²) in [5, 5.41) is 11.2. The smallest absolute Gasteiger partial charge is 0.264 e. The second-order valence-corrected chi connectivity index (χ2v) is 7.21. The van der Waals surface area contributed by atoms with E-state index in [4.69, 9.17) is 0 Å². The van der Waals surface area contributed by atoms with Crippen molar-refractivity contribution in [3.05, 3.63) is 65.2 Å². The maximum atomic E-state index is 12.9. The van der Waals surface area contributed by atoms with Crippen LogP contribution in [0.4, 0.5) is 5.69 Å². The van der Waals surface area contributed by atoms with Crippen molar-refractivity contribution in [1.82, 2.24) is 0 Å². The summed E-state index contributed by atoms with van der Waals surface area (Å²) in [6.07, 6.45) is 0.533. The number of Topliss-reactive ketones (excluding diaryl/α,β-unsaturated/α-hetero) is 1. The average Bonchev–Trinajstić information content (AvgIpc) is 2.84. The predicted molar refractivity (Wildman–Crippen MR) is 102 cm³/mol. The first kappa shape index (κ1) is 18.3. The second kappa shape index (κ2) is 7.04. The highest BCUT2D eigenvalue weighted by Gasteiger charge is 2.50. The first-order chi connectivity index (χ1) is 12.4. The number of anilines is 1. The molecule has 1 aliphatic heterocycles. The van der Waals surface area contributed by atoms with Gasteiger partial charge in [-0.05, 0) is 24.0 Å². The number of carbonyl (C=O) groups excluding carboxylic acids is 2. The van der Waals surface area contributed by atoms with E-state index in [0.29, 0.717) is 29.3 Å². The lowest BCUT2D eigenvalue weighted by Crippen LogP contribution is -2.42. The van der Waals surface area contributed by atoms with Crippen LogP contribution in [0, 0.1) is 0 Å². The van der Waals surface area contributed by atoms with Crippen molar-refractivity contribution in [3.8, 4) is 0 Å². The molecule has 0 aromatic heterocycles. The molecule has 26 heavy (non-hydrogen) atoms. The Hall–Kier alpha value is -2.46. The number of amides is 1. The Bertz CT molecular complexity index is 826. The Labute approximate surface area is 154 Å². The molecular weight excluding hydrogens is 326 g/mol. The molecule has 4 heteroatoms. The molecule has 0 spiro atoms. The van der Waals surface area contributed by atoms with E-state index in [1.165, 1.54) is 0 Å². The van der Waals surface area contributed by atoms with Crippen molar-refractivity contribution in [2.75, 3.05) is 11.4 Å². The van der Waals surface area contributed by atoms with Gasteiger partial charge >= 0.3 is 0 Å². The molecule has 1 amide bonds. The van der Waals surface area contributed by atoms with Crippen LogP contribution in [0.25, 0.3) is 0 Å². The number of aliphatic hydroxyl groups is 1. The lowest BCUT2D eigenvalue weighted by Gasteiger charge is -2.22. The standard InChI is InChI=1S/C22H25NO3/c1-4-13-23-19-8-6-5-7-18(19)22(26,21(23)25)14-20(24)17-11-9-16(10-12-17)15(2)3/h5-12,15,26H,4,13-14H2,1-3H3. The van der Waals surface area contributed by atoms with Gasteiger partial charge < -0.3 is 10.0 Å². The first-order valence-electron chi connectivity index (χ1n) is 9.15. The van der Waals surface area contributed by atoms with E-state index >= 15 is 0 Å². The van der Waals surface area contributed by atoms with Gasteiger partial charge in [-0.25, -0.2) is 0 Å². The van der Waals surface area contributed by atoms with Gasteiger partial charge in [0.15, 0.2) is 11.4 Å². The lowest BCUT2D eigenvalue weighted by atomic mass is 9.87. The van der Waals surface area contributed by atoms with Gasteiger partial charge in [0, 0.05) is 17.7 Å². The average molecular weight is 351 g/mol. The van der Waals surface area contributed by atoms with Crippen LogP contribution < -0.4 is 4.90 Å². The summed E-state index contributed by atoms with van der Waals surface area (Å²) in [5.41, 5.74) is 1.09. The molecule has 0 fully saturated rings. The molecule has 0 saturated heterocycles. The van der Waals surface area contributed by atoms with Crippen molar-refractivity contribution in [1.29, 1.82) is 0 Å². The fraction of sp³-hybridized carbons (Fsp3) is 0.364. The first-order valence-corrected chi connectivity index (χ1v) is 9.15. The molecule has 1 N–H and O–H groups in total. The molecule has 4 nitrogen and oxygen atoms in total. The number of hydrogen-bond acceptors (Lipinski definition) is 3. The summed E-state index contributed by atoms with van der Waals surface area (Å²) in [6, 6.07) is 14.6. The van der Waals surface area contributed by atoms with Gasteiger partial charge in [-0.3, -0.25) is 9.59 Å². The lowest BCUT2D eigenvalue weighted by molar-refractivity contribution is -0.135. The molecule has 0 bridgehead atoms. The molecule has 136 valence electrons. The molecule has 0 aliphatic carbocycles. The van der Waals surface area contributed by atoms with Crippen LogP contribution in [0.5, 0.6) is 0 Å². The van der Waals surface area contributed by atoms with Gasteiger partial charge in [0.05, 0.1) is 12.1 Å². The summed E-state index contributed by atoms with van der Waals surface area (Å²) in [6.45, 7) is 6.69. The Kier molecular flexibility index (Phi) is 4.97. The highest BCUT2D eigenvalue weighted by molar-refractivity contribution is 6.10. The predicted octanol–water partition coefficient (Wildman–Crippen LogP) is 4.03. The van der Waals surface area contributed by atoms with Crippen LogP contribution in [0.3, 0.4) is 0 Å². The Balaban J connectivity index is 1.90. The van der Waals surface area contributed by atoms with Gasteiger partial charge in [-0.1, -0.05) is 63.2 Å². The van der Waals surface area contributed by atoms with E-state index < -0.39 is 11.5 Å². The van der Waals surface area contributed by atoms with Crippen molar-refractivity contribution in [3.63, 3.8) is 0 Å². The van der Waals surface area contributed by atoms with Crippen molar-refractivity contribution in [2.24, 2.45) is 0 Å². The zero-order valence-electron chi connectivity index (χ0n) is 15.5. The fourth-order valence-corrected chi connectivity index (χ4v) is 3.51. The highest BCUT2D eigenvalue weighted by atomic mass is 16.3. The van der Waals surface area contributed by atoms with Crippen LogP contribution in [0.15, 0.2) is 48.5 Å². The minimum atomic E-state index is -1.79. The zero-order valence-corrected chi connectivity index (χ0v) is 15.5. The topological polar surface area (TPSA) is 57.6 Å². The number of para-hydroxylation sites is 1. The second-order valence-electron chi connectivity index (χ2n) is 7.21. The van der Waals surface area contributed by atoms with Crippen LogP contribution in [-0.4, -0.2) is 23.3 Å². The SMILES string of the molecule is CCCN1C(=O)C(O)(CC(=O)c2ccc(C(C)C)cc2)c2ccccc21. The molecule has 3 rings (SSSR count). The minimum absolute atomic E-state index is 0.232. The summed E-state index contributed by atoms with van der Waals surface area (Å²) < 4.78 is 0. The number of fused-ring (bicyclic) bond motifs is 1. The summed E-state index contributed by atoms with van der Waals surface area (Å²) in [7, 11) is 0. The molecule has 0 saturated carbocycles. The fourth-order valence-electron chi connectivity index (χ4n) is 3.51. The van der Waals surface area contributed by atoms with Crippen molar-refractivity contribution in [2.45, 2.75) is 45.1 Å². The molecule has 1 atom stereocenters. The molecular formula is C22H25NO3. The van der Waals surface area contributed by atoms with Gasteiger partial charge in [-0.15, -0.1) is 0 Å². The van der Waals surface area contributed by atoms with Gasteiger partial charge in [0.2, 0.25) is 0 Å². The normalized spacial score (nSPS) is 19.1. The number of rotatable bonds is 6. The van der Waals surface area contributed by atoms with Gasteiger partial charge in [-0.2, -0.15) is 0 Å². The van der Waals surface area contributed by atoms with Gasteiger partial charge in [0.25, 0.3) is 5.91 Å². The van der Waals surface area contributed by atoms with Crippen LogP contribution in [0.1, 0.15) is 61.0 Å². The Morgan fingerprint density at radius 3 is 2.38 bits per heavy atom. The number of benzene rings is 2. The molecule has 2 aromatic rings. The Morgan fingerprint density at radius 2 is 1.77 bits per heavy atom. The van der Waals surface area contributed by atoms with Crippen LogP contribution in [0.2, 0.25) is 0 Å². The van der Waals surface area contributed by atoms with E-state index in [-0.39, 0.29) is 12.2 Å². The number of ketones is 1. The zero-order chi connectivity index (χ0) is 18.9. The van der Waals surface area contributed by atoms with Crippen LogP contribution >= 0.6 is 0 Å². The third kappa shape index (κ3) is 3.06. The molecule has 0 radical (unpaired) electrons. The van der Waals surface area contributed by atoms with Crippen molar-refractivity contribution < 1.29 is 14.7 Å². The minimum Gasteiger partial charge on any atom is -0.375 e. The quantitative estimate of drug-likeness (QED) is 0.800. The van der Waals surface area contributed by atoms with E-state index in [1.807, 2.05) is 31.2 Å². The van der Waals surface area contributed by atoms with Crippen molar-refractivity contribution >= 4 is 17.4 Å². The summed E-state index contributed by atoms with van der Waals surface area (Å²) in [5.74, 6) is -0.258. The largest absolute Gasteiger partial charge is 0.375 e. The third-order valence-electron chi connectivity index (χ3n) is 5.00. The molecule has 2 aromatic carbocycles. The monoisotopic (exact) mass is 351 g/mol. The maximum Gasteiger partial charge on any atom is 0.264 e. The molecule has 1 unspecified atom stereocenters. The van der Waals surface area contributed by atoms with Gasteiger partial charge in [0.1, 0.15) is 0 Å². The number of nitrogens with zero attached hydrogens (tertiary/aromatic N) is 1. The van der Waals surface area contributed by atoms with E-state index in [1.54, 1.807) is 29.2 Å². The highest BCUT2D eigenvalue weighted by Crippen LogP contribution is 2.42. The number of carbonyl (C=O) groups is 2. The number of hydrogen-bond donors (Lipinski definition) is 1. The van der Waals surface area contributed by atoms with E-state index in [9.17, 15) is 14.7 Å². The Morgan fingerprint density at radius 1 is 1.12 bits per heavy atom. The summed E-state index contributed by atoms with van der Waals surface area (Å²) in [4.78, 5) is 27.3. The van der Waals surface area contributed by atoms with Crippen LogP contribution in [-0.2, 0) is 10.4 Å². The molecule has 1 heterocycles. The molecule has 1 aliphatic rings. The van der Waals surface area contributed by atoms with E-state index in [2.05, 4.69) is 13.8 Å². The van der Waals surface area contributed by atoms with E-state index in [0.717, 1.165) is 12.0 Å². The maximum absolute atomic E-state index is 12.9. The summed E-state index contributed by atoms with van der Waals surface area (Å²) >= 11 is 0. The third-order valence-corrected chi connectivity index (χ3v) is 5.00.